The Bertz CT molecular complexity index is 284. The Morgan fingerprint density at radius 1 is 1.15 bits per heavy atom. The Kier molecular flexibility index (Phi) is 3.86. The zero-order valence-electron chi connectivity index (χ0n) is 7.99. The average Bonchev–Trinajstić information content (AvgIpc) is 2.16. The predicted molar refractivity (Wildman–Crippen MR) is 56.2 cm³/mol. The molecule has 0 fully saturated rings. The van der Waals surface area contributed by atoms with E-state index in [9.17, 15) is 9.79 Å². The summed E-state index contributed by atoms with van der Waals surface area (Å²) in [5.41, 5.74) is 2.32. The maximum atomic E-state index is 9.18. The first-order chi connectivity index (χ1) is 6.20. The lowest BCUT2D eigenvalue weighted by molar-refractivity contribution is 0.496. The molecule has 0 spiro atoms. The average molecular weight is 198 g/mol. The summed E-state index contributed by atoms with van der Waals surface area (Å²) in [5, 5.41) is 0.705. The molecule has 2 nitrogen and oxygen atoms in total. The minimum Gasteiger partial charge on any atom is -0.347 e. The van der Waals surface area contributed by atoms with Crippen molar-refractivity contribution in [2.45, 2.75) is 26.7 Å². The van der Waals surface area contributed by atoms with Crippen molar-refractivity contribution in [2.24, 2.45) is 0 Å². The van der Waals surface area contributed by atoms with Gasteiger partial charge in [-0.2, -0.15) is 0 Å². The maximum Gasteiger partial charge on any atom is 0.199 e. The van der Waals surface area contributed by atoms with Gasteiger partial charge < -0.3 is 9.79 Å². The van der Waals surface area contributed by atoms with Crippen LogP contribution in [-0.2, 0) is 12.8 Å². The van der Waals surface area contributed by atoms with Gasteiger partial charge in [-0.15, -0.1) is 0 Å². The summed E-state index contributed by atoms with van der Waals surface area (Å²) in [7, 11) is -1.94. The molecule has 0 aliphatic rings. The zero-order valence-corrected chi connectivity index (χ0v) is 8.88. The summed E-state index contributed by atoms with van der Waals surface area (Å²) in [4.78, 5) is 18.4. The van der Waals surface area contributed by atoms with Crippen LogP contribution in [0.1, 0.15) is 25.0 Å². The van der Waals surface area contributed by atoms with Crippen molar-refractivity contribution in [3.05, 3.63) is 29.3 Å². The monoisotopic (exact) mass is 198 g/mol. The first-order valence-corrected chi connectivity index (χ1v) is 5.74. The number of benzene rings is 1. The van der Waals surface area contributed by atoms with Gasteiger partial charge in [0.15, 0.2) is 8.38 Å². The molecule has 0 atom stereocenters. The van der Waals surface area contributed by atoms with Crippen LogP contribution in [0.4, 0.5) is 0 Å². The van der Waals surface area contributed by atoms with Crippen LogP contribution < -0.4 is 5.30 Å². The summed E-state index contributed by atoms with van der Waals surface area (Å²) in [5.74, 6) is 0. The Balaban J connectivity index is 3.19. The lowest BCUT2D eigenvalue weighted by Gasteiger charge is -2.12. The molecule has 1 aromatic rings. The molecule has 72 valence electrons. The molecule has 1 rings (SSSR count). The van der Waals surface area contributed by atoms with Crippen LogP contribution in [0.3, 0.4) is 0 Å². The van der Waals surface area contributed by atoms with Gasteiger partial charge >= 0.3 is 0 Å². The van der Waals surface area contributed by atoms with E-state index in [-0.39, 0.29) is 0 Å². The van der Waals surface area contributed by atoms with E-state index < -0.39 is 8.38 Å². The van der Waals surface area contributed by atoms with Crippen molar-refractivity contribution in [2.75, 3.05) is 0 Å². The lowest BCUT2D eigenvalue weighted by Crippen LogP contribution is -2.10. The fourth-order valence-corrected chi connectivity index (χ4v) is 2.31. The van der Waals surface area contributed by atoms with E-state index in [1.807, 2.05) is 19.1 Å². The standard InChI is InChI=1S/C10H15O2P/c1-3-8-6-5-7-10(13(11)12)9(8)4-2/h5-7,11-12H,3-4H2,1-2H3. The summed E-state index contributed by atoms with van der Waals surface area (Å²) in [6, 6.07) is 5.72. The van der Waals surface area contributed by atoms with Crippen LogP contribution in [0, 0.1) is 0 Å². The van der Waals surface area contributed by atoms with Crippen LogP contribution in [0.5, 0.6) is 0 Å². The molecule has 0 aliphatic heterocycles. The van der Waals surface area contributed by atoms with Crippen molar-refractivity contribution in [1.82, 2.24) is 0 Å². The van der Waals surface area contributed by atoms with Gasteiger partial charge in [0.1, 0.15) is 0 Å². The third-order valence-electron chi connectivity index (χ3n) is 2.20. The Morgan fingerprint density at radius 2 is 1.85 bits per heavy atom. The Morgan fingerprint density at radius 3 is 2.31 bits per heavy atom. The van der Waals surface area contributed by atoms with Gasteiger partial charge in [-0.1, -0.05) is 26.0 Å². The molecular weight excluding hydrogens is 183 g/mol. The van der Waals surface area contributed by atoms with Crippen molar-refractivity contribution >= 4 is 13.7 Å². The highest BCUT2D eigenvalue weighted by molar-refractivity contribution is 7.54. The smallest absolute Gasteiger partial charge is 0.199 e. The second-order valence-corrected chi connectivity index (χ2v) is 3.97. The second kappa shape index (κ2) is 4.71. The predicted octanol–water partition coefficient (Wildman–Crippen LogP) is 1.73. The van der Waals surface area contributed by atoms with E-state index in [0.29, 0.717) is 5.30 Å². The minimum atomic E-state index is -1.94. The molecule has 0 saturated heterocycles. The number of hydrogen-bond acceptors (Lipinski definition) is 2. The molecule has 13 heavy (non-hydrogen) atoms. The molecule has 1 aromatic carbocycles. The van der Waals surface area contributed by atoms with E-state index in [0.717, 1.165) is 18.4 Å². The van der Waals surface area contributed by atoms with Crippen molar-refractivity contribution < 1.29 is 9.79 Å². The molecule has 2 N–H and O–H groups in total. The largest absolute Gasteiger partial charge is 0.347 e. The van der Waals surface area contributed by atoms with Crippen molar-refractivity contribution in [3.63, 3.8) is 0 Å². The van der Waals surface area contributed by atoms with Crippen LogP contribution in [0.25, 0.3) is 0 Å². The quantitative estimate of drug-likeness (QED) is 0.726. The summed E-state index contributed by atoms with van der Waals surface area (Å²) >= 11 is 0. The normalized spacial score (nSPS) is 10.8. The molecule has 0 aliphatic carbocycles. The van der Waals surface area contributed by atoms with Gasteiger partial charge in [0, 0.05) is 5.30 Å². The van der Waals surface area contributed by atoms with E-state index >= 15 is 0 Å². The van der Waals surface area contributed by atoms with Gasteiger partial charge in [-0.3, -0.25) is 0 Å². The van der Waals surface area contributed by atoms with Crippen molar-refractivity contribution in [3.8, 4) is 0 Å². The van der Waals surface area contributed by atoms with Crippen LogP contribution in [-0.4, -0.2) is 9.79 Å². The lowest BCUT2D eigenvalue weighted by atomic mass is 10.0. The molecule has 0 saturated carbocycles. The van der Waals surface area contributed by atoms with E-state index in [1.54, 1.807) is 6.07 Å². The molecular formula is C10H15O2P. The molecule has 0 amide bonds. The Hall–Kier alpha value is -0.430. The van der Waals surface area contributed by atoms with Gasteiger partial charge in [0.05, 0.1) is 0 Å². The number of rotatable bonds is 3. The topological polar surface area (TPSA) is 40.5 Å². The van der Waals surface area contributed by atoms with Crippen LogP contribution in [0.2, 0.25) is 0 Å². The third-order valence-corrected chi connectivity index (χ3v) is 3.05. The third kappa shape index (κ3) is 2.28. The number of aryl methyl sites for hydroxylation is 1. The molecule has 0 heterocycles. The first kappa shape index (κ1) is 10.6. The Labute approximate surface area is 80.2 Å². The summed E-state index contributed by atoms with van der Waals surface area (Å²) < 4.78 is 0. The summed E-state index contributed by atoms with van der Waals surface area (Å²) in [6.07, 6.45) is 1.81. The highest BCUT2D eigenvalue weighted by Gasteiger charge is 2.11. The molecule has 0 bridgehead atoms. The maximum absolute atomic E-state index is 9.18. The first-order valence-electron chi connectivity index (χ1n) is 4.49. The number of hydrogen-bond donors (Lipinski definition) is 2. The zero-order chi connectivity index (χ0) is 9.84. The van der Waals surface area contributed by atoms with E-state index in [4.69, 9.17) is 0 Å². The minimum absolute atomic E-state index is 0.705. The van der Waals surface area contributed by atoms with Crippen LogP contribution in [0.15, 0.2) is 18.2 Å². The highest BCUT2D eigenvalue weighted by atomic mass is 31.2. The summed E-state index contributed by atoms with van der Waals surface area (Å²) in [6.45, 7) is 4.12. The van der Waals surface area contributed by atoms with Crippen molar-refractivity contribution in [1.29, 1.82) is 0 Å². The van der Waals surface area contributed by atoms with Crippen LogP contribution >= 0.6 is 8.38 Å². The van der Waals surface area contributed by atoms with E-state index in [1.165, 1.54) is 5.56 Å². The fourth-order valence-electron chi connectivity index (χ4n) is 1.55. The molecule has 0 radical (unpaired) electrons. The molecule has 3 heteroatoms. The van der Waals surface area contributed by atoms with Gasteiger partial charge in [-0.05, 0) is 30.0 Å². The second-order valence-electron chi connectivity index (χ2n) is 2.91. The SMILES string of the molecule is CCc1cccc(P(O)O)c1CC. The fraction of sp³-hybridized carbons (Fsp3) is 0.400. The molecule has 0 aromatic heterocycles. The van der Waals surface area contributed by atoms with Gasteiger partial charge in [0.2, 0.25) is 0 Å². The highest BCUT2D eigenvalue weighted by Crippen LogP contribution is 2.26. The van der Waals surface area contributed by atoms with E-state index in [2.05, 4.69) is 6.92 Å². The van der Waals surface area contributed by atoms with Gasteiger partial charge in [0.25, 0.3) is 0 Å². The van der Waals surface area contributed by atoms with Gasteiger partial charge in [-0.25, -0.2) is 0 Å². The molecule has 0 unspecified atom stereocenters.